The van der Waals surface area contributed by atoms with E-state index in [0.29, 0.717) is 15.7 Å². The van der Waals surface area contributed by atoms with Crippen LogP contribution in [0.25, 0.3) is 17.1 Å². The summed E-state index contributed by atoms with van der Waals surface area (Å²) >= 11 is 7.32. The summed E-state index contributed by atoms with van der Waals surface area (Å²) < 4.78 is 1.93. The highest BCUT2D eigenvalue weighted by Gasteiger charge is 2.24. The Kier molecular flexibility index (Phi) is 7.59. The molecule has 0 bridgehead atoms. The topological polar surface area (TPSA) is 114 Å². The van der Waals surface area contributed by atoms with Gasteiger partial charge in [0.25, 0.3) is 11.7 Å². The van der Waals surface area contributed by atoms with E-state index in [0.717, 1.165) is 22.6 Å². The number of aromatic carboxylic acids is 1. The monoisotopic (exact) mass is 505 g/mol. The van der Waals surface area contributed by atoms with E-state index >= 15 is 0 Å². The van der Waals surface area contributed by atoms with Crippen LogP contribution in [0.2, 0.25) is 5.02 Å². The fraction of sp³-hybridized carbons (Fsp3) is 0.0800. The number of aromatic nitrogens is 3. The fourth-order valence-corrected chi connectivity index (χ4v) is 4.06. The molecule has 0 aliphatic heterocycles. The molecular formula is C25H20ClN5O3S. The van der Waals surface area contributed by atoms with E-state index < -0.39 is 5.97 Å². The molecule has 0 radical (unpaired) electrons. The number of nitrogens with one attached hydrogen (secondary N) is 2. The van der Waals surface area contributed by atoms with Gasteiger partial charge in [-0.15, -0.1) is 5.10 Å². The minimum Gasteiger partial charge on any atom is -0.545 e. The Morgan fingerprint density at radius 2 is 1.77 bits per heavy atom. The van der Waals surface area contributed by atoms with E-state index in [2.05, 4.69) is 20.7 Å². The van der Waals surface area contributed by atoms with Gasteiger partial charge < -0.3 is 9.90 Å². The number of carbonyl (C=O) groups excluding carboxylic acids is 2. The first-order valence-electron chi connectivity index (χ1n) is 10.5. The van der Waals surface area contributed by atoms with Crippen molar-refractivity contribution in [2.45, 2.75) is 12.1 Å². The van der Waals surface area contributed by atoms with Crippen molar-refractivity contribution in [2.75, 3.05) is 5.75 Å². The normalized spacial score (nSPS) is 11.0. The van der Waals surface area contributed by atoms with Crippen LogP contribution >= 0.6 is 23.4 Å². The third-order valence-corrected chi connectivity index (χ3v) is 6.15. The number of carboxylic acids is 1. The molecule has 0 saturated carbocycles. The highest BCUT2D eigenvalue weighted by atomic mass is 35.5. The van der Waals surface area contributed by atoms with E-state index in [4.69, 9.17) is 11.6 Å². The van der Waals surface area contributed by atoms with Crippen LogP contribution in [0, 0.1) is 6.92 Å². The highest BCUT2D eigenvalue weighted by Crippen LogP contribution is 2.21. The van der Waals surface area contributed by atoms with Gasteiger partial charge in [0.1, 0.15) is 5.69 Å². The highest BCUT2D eigenvalue weighted by molar-refractivity contribution is 7.99. The molecule has 0 aliphatic carbocycles. The number of hydrogen-bond donors (Lipinski definition) is 2. The molecule has 2 N–H and O–H groups in total. The lowest BCUT2D eigenvalue weighted by molar-refractivity contribution is -0.625. The first-order chi connectivity index (χ1) is 16.9. The van der Waals surface area contributed by atoms with Crippen molar-refractivity contribution in [2.24, 2.45) is 5.10 Å². The van der Waals surface area contributed by atoms with E-state index in [1.165, 1.54) is 30.1 Å². The molecule has 0 unspecified atom stereocenters. The number of carbonyl (C=O) groups is 2. The molecule has 10 heteroatoms. The summed E-state index contributed by atoms with van der Waals surface area (Å²) in [5.74, 6) is -0.723. The number of carboxylic acid groups (broad SMARTS) is 1. The fourth-order valence-electron chi connectivity index (χ4n) is 3.17. The molecule has 0 atom stereocenters. The quantitative estimate of drug-likeness (QED) is 0.165. The van der Waals surface area contributed by atoms with Gasteiger partial charge in [-0.25, -0.2) is 5.43 Å². The Hall–Kier alpha value is -3.95. The second-order valence-electron chi connectivity index (χ2n) is 7.52. The second-order valence-corrected chi connectivity index (χ2v) is 8.90. The number of hydrogen-bond acceptors (Lipinski definition) is 6. The van der Waals surface area contributed by atoms with E-state index in [9.17, 15) is 14.7 Å². The molecule has 3 aromatic carbocycles. The third-order valence-electron chi connectivity index (χ3n) is 4.96. The first kappa shape index (κ1) is 24.2. The largest absolute Gasteiger partial charge is 0.545 e. The van der Waals surface area contributed by atoms with E-state index in [1.807, 2.05) is 47.9 Å². The lowest BCUT2D eigenvalue weighted by Crippen LogP contribution is -2.34. The van der Waals surface area contributed by atoms with Crippen molar-refractivity contribution in [3.05, 3.63) is 94.5 Å². The van der Waals surface area contributed by atoms with Gasteiger partial charge in [0.2, 0.25) is 0 Å². The van der Waals surface area contributed by atoms with Gasteiger partial charge in [-0.3, -0.25) is 4.79 Å². The minimum atomic E-state index is -1.25. The van der Waals surface area contributed by atoms with Gasteiger partial charge in [0.15, 0.2) is 0 Å². The Balaban J connectivity index is 1.47. The predicted octanol–water partition coefficient (Wildman–Crippen LogP) is 2.92. The number of nitrogens with zero attached hydrogens (tertiary/aromatic N) is 3. The van der Waals surface area contributed by atoms with Crippen LogP contribution in [0.5, 0.6) is 0 Å². The lowest BCUT2D eigenvalue weighted by atomic mass is 10.1. The van der Waals surface area contributed by atoms with Gasteiger partial charge >= 0.3 is 5.16 Å². The van der Waals surface area contributed by atoms with Crippen LogP contribution in [0.1, 0.15) is 21.5 Å². The van der Waals surface area contributed by atoms with Crippen LogP contribution in [-0.4, -0.2) is 34.0 Å². The minimum absolute atomic E-state index is 0.0700. The maximum atomic E-state index is 12.4. The van der Waals surface area contributed by atoms with Crippen molar-refractivity contribution in [1.82, 2.24) is 15.6 Å². The lowest BCUT2D eigenvalue weighted by Gasteiger charge is -2.05. The first-order valence-corrected chi connectivity index (χ1v) is 11.9. The number of aryl methyl sites for hydroxylation is 1. The van der Waals surface area contributed by atoms with Crippen molar-refractivity contribution in [3.8, 4) is 17.1 Å². The van der Waals surface area contributed by atoms with Crippen molar-refractivity contribution in [1.29, 1.82) is 0 Å². The summed E-state index contributed by atoms with van der Waals surface area (Å²) in [4.78, 5) is 23.2. The molecule has 0 saturated heterocycles. The maximum absolute atomic E-state index is 12.4. The molecule has 0 spiro atoms. The zero-order chi connectivity index (χ0) is 24.8. The van der Waals surface area contributed by atoms with Crippen molar-refractivity contribution < 1.29 is 19.3 Å². The molecule has 0 fully saturated rings. The molecular weight excluding hydrogens is 486 g/mol. The van der Waals surface area contributed by atoms with Crippen LogP contribution < -0.4 is 15.1 Å². The number of halogens is 1. The molecule has 1 aromatic heterocycles. The standard InChI is InChI=1S/C25H20ClN5O3S/c1-16-2-6-18(7-3-16)23-29-30-25(31(23)21-12-10-20(26)11-13-21)35-15-22(32)28-27-14-17-4-8-19(9-5-17)24(33)34/h2-14H,15H2,1H3,(H2,28,32,33,34)/b27-14+. The third kappa shape index (κ3) is 6.14. The Labute approximate surface area is 210 Å². The summed E-state index contributed by atoms with van der Waals surface area (Å²) in [7, 11) is 0. The summed E-state index contributed by atoms with van der Waals surface area (Å²) in [5, 5.41) is 23.5. The number of rotatable bonds is 8. The molecule has 35 heavy (non-hydrogen) atoms. The van der Waals surface area contributed by atoms with Gasteiger partial charge in [0.05, 0.1) is 28.6 Å². The van der Waals surface area contributed by atoms with Gasteiger partial charge in [-0.2, -0.15) is 9.67 Å². The Bertz CT molecular complexity index is 1370. The van der Waals surface area contributed by atoms with Crippen LogP contribution in [-0.2, 0) is 4.79 Å². The summed E-state index contributed by atoms with van der Waals surface area (Å²) in [5.41, 5.74) is 6.12. The van der Waals surface area contributed by atoms with E-state index in [-0.39, 0.29) is 17.2 Å². The zero-order valence-electron chi connectivity index (χ0n) is 18.6. The molecule has 8 nitrogen and oxygen atoms in total. The maximum Gasteiger partial charge on any atom is 0.342 e. The Morgan fingerprint density at radius 1 is 1.09 bits per heavy atom. The molecule has 0 aliphatic rings. The average Bonchev–Trinajstić information content (AvgIpc) is 3.28. The van der Waals surface area contributed by atoms with Crippen LogP contribution in [0.4, 0.5) is 0 Å². The van der Waals surface area contributed by atoms with Gasteiger partial charge in [-0.05, 0) is 66.2 Å². The van der Waals surface area contributed by atoms with Gasteiger partial charge in [-0.1, -0.05) is 53.6 Å². The molecule has 4 rings (SSSR count). The van der Waals surface area contributed by atoms with Crippen LogP contribution in [0.3, 0.4) is 0 Å². The van der Waals surface area contributed by atoms with Crippen LogP contribution in [0.15, 0.2) is 83.1 Å². The molecule has 1 amide bonds. The number of aromatic amines is 1. The second kappa shape index (κ2) is 11.0. The van der Waals surface area contributed by atoms with Gasteiger partial charge in [0, 0.05) is 5.02 Å². The number of benzene rings is 3. The number of hydrazone groups is 1. The molecule has 1 heterocycles. The Morgan fingerprint density at radius 3 is 2.43 bits per heavy atom. The number of H-pyrrole nitrogens is 1. The zero-order valence-corrected chi connectivity index (χ0v) is 20.1. The number of thioether (sulfide) groups is 1. The molecule has 176 valence electrons. The predicted molar refractivity (Wildman–Crippen MR) is 133 cm³/mol. The SMILES string of the molecule is Cc1ccc(-c2[nH]nc(SCC(=O)N/N=C/c3ccc(C(=O)[O-])cc3)[n+]2-c2ccc(Cl)cc2)cc1. The summed E-state index contributed by atoms with van der Waals surface area (Å²) in [6.07, 6.45) is 1.43. The van der Waals surface area contributed by atoms with Crippen molar-refractivity contribution >= 4 is 41.5 Å². The summed E-state index contributed by atoms with van der Waals surface area (Å²) in [6.45, 7) is 2.02. The average molecular weight is 506 g/mol. The van der Waals surface area contributed by atoms with Crippen molar-refractivity contribution in [3.63, 3.8) is 0 Å². The van der Waals surface area contributed by atoms with E-state index in [1.54, 1.807) is 24.3 Å². The number of amides is 1. The molecule has 4 aromatic rings. The smallest absolute Gasteiger partial charge is 0.342 e. The summed E-state index contributed by atoms with van der Waals surface area (Å²) in [6, 6.07) is 21.4.